The van der Waals surface area contributed by atoms with Crippen molar-refractivity contribution < 1.29 is 0 Å². The fraction of sp³-hybridized carbons (Fsp3) is 1.00. The Labute approximate surface area is 124 Å². The molecule has 0 heterocycles. The minimum absolute atomic E-state index is 0.760. The van der Waals surface area contributed by atoms with E-state index >= 15 is 0 Å². The summed E-state index contributed by atoms with van der Waals surface area (Å²) in [6, 6.07) is 0. The minimum atomic E-state index is 0.760. The van der Waals surface area contributed by atoms with E-state index in [0.29, 0.717) is 0 Å². The SMILES string of the molecule is Br[C@@H]1CCCC[C@H]1SS[C@@H]1CCCC[C@H]1Br. The Morgan fingerprint density at radius 3 is 1.38 bits per heavy atom. The maximum Gasteiger partial charge on any atom is 0.0276 e. The summed E-state index contributed by atoms with van der Waals surface area (Å²) in [5.74, 6) is 0. The Morgan fingerprint density at radius 1 is 0.625 bits per heavy atom. The van der Waals surface area contributed by atoms with Gasteiger partial charge in [0.05, 0.1) is 0 Å². The molecule has 0 aromatic rings. The molecule has 16 heavy (non-hydrogen) atoms. The molecule has 0 nitrogen and oxygen atoms in total. The summed E-state index contributed by atoms with van der Waals surface area (Å²) >= 11 is 7.70. The van der Waals surface area contributed by atoms with Gasteiger partial charge in [-0.15, -0.1) is 0 Å². The van der Waals surface area contributed by atoms with Crippen molar-refractivity contribution in [1.29, 1.82) is 0 Å². The summed E-state index contributed by atoms with van der Waals surface area (Å²) in [5.41, 5.74) is 0. The predicted molar refractivity (Wildman–Crippen MR) is 85.1 cm³/mol. The first kappa shape index (κ1) is 14.1. The zero-order chi connectivity index (χ0) is 11.4. The molecule has 2 fully saturated rings. The van der Waals surface area contributed by atoms with Gasteiger partial charge in [-0.2, -0.15) is 0 Å². The topological polar surface area (TPSA) is 0 Å². The van der Waals surface area contributed by atoms with Crippen LogP contribution in [0.25, 0.3) is 0 Å². The highest BCUT2D eigenvalue weighted by Gasteiger charge is 2.28. The summed E-state index contributed by atoms with van der Waals surface area (Å²) < 4.78 is 0. The van der Waals surface area contributed by atoms with Gasteiger partial charge in [0.15, 0.2) is 0 Å². The fourth-order valence-corrected chi connectivity index (χ4v) is 8.71. The standard InChI is InChI=1S/C12H20Br2S2/c13-9-5-1-3-7-11(9)15-16-12-8-4-2-6-10(12)14/h9-12H,1-8H2/t9-,10-,11-,12-/m1/s1. The molecule has 2 aliphatic carbocycles. The molecule has 0 spiro atoms. The molecule has 0 amide bonds. The molecule has 2 saturated carbocycles. The van der Waals surface area contributed by atoms with Gasteiger partial charge in [-0.05, 0) is 25.7 Å². The Hall–Kier alpha value is 1.66. The van der Waals surface area contributed by atoms with Gasteiger partial charge in [0.25, 0.3) is 0 Å². The first-order valence-electron chi connectivity index (χ1n) is 6.37. The van der Waals surface area contributed by atoms with Gasteiger partial charge in [-0.1, -0.05) is 79.1 Å². The van der Waals surface area contributed by atoms with E-state index in [1.54, 1.807) is 0 Å². The molecule has 0 saturated heterocycles. The lowest BCUT2D eigenvalue weighted by Crippen LogP contribution is -2.24. The van der Waals surface area contributed by atoms with Gasteiger partial charge in [0, 0.05) is 20.2 Å². The highest BCUT2D eigenvalue weighted by atomic mass is 79.9. The maximum atomic E-state index is 3.85. The van der Waals surface area contributed by atoms with Gasteiger partial charge in [-0.3, -0.25) is 0 Å². The molecular weight excluding hydrogens is 368 g/mol. The quantitative estimate of drug-likeness (QED) is 0.444. The minimum Gasteiger partial charge on any atom is -0.0892 e. The number of hydrogen-bond donors (Lipinski definition) is 0. The van der Waals surface area contributed by atoms with Crippen LogP contribution in [-0.4, -0.2) is 20.2 Å². The lowest BCUT2D eigenvalue weighted by atomic mass is 10.0. The maximum absolute atomic E-state index is 3.85. The van der Waals surface area contributed by atoms with E-state index in [1.165, 1.54) is 51.4 Å². The van der Waals surface area contributed by atoms with Crippen LogP contribution in [0.15, 0.2) is 0 Å². The molecule has 0 unspecified atom stereocenters. The van der Waals surface area contributed by atoms with Gasteiger partial charge < -0.3 is 0 Å². The smallest absolute Gasteiger partial charge is 0.0276 e. The number of hydrogen-bond acceptors (Lipinski definition) is 2. The first-order chi connectivity index (χ1) is 7.77. The van der Waals surface area contributed by atoms with Crippen LogP contribution in [0.2, 0.25) is 0 Å². The van der Waals surface area contributed by atoms with Crippen molar-refractivity contribution in [1.82, 2.24) is 0 Å². The first-order valence-corrected chi connectivity index (χ1v) is 10.5. The average molecular weight is 388 g/mol. The van der Waals surface area contributed by atoms with Crippen LogP contribution < -0.4 is 0 Å². The molecule has 2 aliphatic rings. The average Bonchev–Trinajstić information content (AvgIpc) is 2.30. The molecule has 4 atom stereocenters. The third-order valence-corrected chi connectivity index (χ3v) is 9.99. The molecule has 0 aromatic carbocycles. The molecule has 0 aliphatic heterocycles. The van der Waals surface area contributed by atoms with Gasteiger partial charge in [0.2, 0.25) is 0 Å². The van der Waals surface area contributed by atoms with Crippen LogP contribution in [0.4, 0.5) is 0 Å². The highest BCUT2D eigenvalue weighted by molar-refractivity contribution is 9.10. The summed E-state index contributed by atoms with van der Waals surface area (Å²) in [5, 5.41) is 1.70. The van der Waals surface area contributed by atoms with E-state index in [4.69, 9.17) is 0 Å². The van der Waals surface area contributed by atoms with Crippen LogP contribution in [-0.2, 0) is 0 Å². The summed E-state index contributed by atoms with van der Waals surface area (Å²) in [6.07, 6.45) is 11.3. The largest absolute Gasteiger partial charge is 0.0892 e. The third-order valence-electron chi connectivity index (χ3n) is 3.55. The summed E-state index contributed by atoms with van der Waals surface area (Å²) in [7, 11) is 4.31. The van der Waals surface area contributed by atoms with Crippen molar-refractivity contribution in [3.63, 3.8) is 0 Å². The monoisotopic (exact) mass is 386 g/mol. The van der Waals surface area contributed by atoms with Crippen molar-refractivity contribution in [2.75, 3.05) is 0 Å². The molecule has 2 rings (SSSR count). The van der Waals surface area contributed by atoms with Crippen molar-refractivity contribution in [3.8, 4) is 0 Å². The number of halogens is 2. The highest BCUT2D eigenvalue weighted by Crippen LogP contribution is 2.45. The van der Waals surface area contributed by atoms with Crippen LogP contribution in [0, 0.1) is 0 Å². The van der Waals surface area contributed by atoms with Gasteiger partial charge in [-0.25, -0.2) is 0 Å². The van der Waals surface area contributed by atoms with Crippen molar-refractivity contribution in [3.05, 3.63) is 0 Å². The van der Waals surface area contributed by atoms with Crippen molar-refractivity contribution in [2.45, 2.75) is 71.5 Å². The van der Waals surface area contributed by atoms with Crippen molar-refractivity contribution >= 4 is 53.4 Å². The second-order valence-corrected chi connectivity index (χ2v) is 9.97. The number of rotatable bonds is 3. The van der Waals surface area contributed by atoms with E-state index in [-0.39, 0.29) is 0 Å². The Morgan fingerprint density at radius 2 is 1.00 bits per heavy atom. The van der Waals surface area contributed by atoms with E-state index < -0.39 is 0 Å². The third kappa shape index (κ3) is 4.10. The number of alkyl halides is 2. The predicted octanol–water partition coefficient (Wildman–Crippen LogP) is 5.78. The molecule has 0 radical (unpaired) electrons. The Balaban J connectivity index is 1.72. The van der Waals surface area contributed by atoms with Gasteiger partial charge >= 0.3 is 0 Å². The van der Waals surface area contributed by atoms with E-state index in [9.17, 15) is 0 Å². The van der Waals surface area contributed by atoms with Gasteiger partial charge in [0.1, 0.15) is 0 Å². The normalized spacial score (nSPS) is 40.9. The van der Waals surface area contributed by atoms with E-state index in [1.807, 2.05) is 0 Å². The van der Waals surface area contributed by atoms with E-state index in [2.05, 4.69) is 53.4 Å². The van der Waals surface area contributed by atoms with Crippen molar-refractivity contribution in [2.24, 2.45) is 0 Å². The van der Waals surface area contributed by atoms with Crippen LogP contribution in [0.1, 0.15) is 51.4 Å². The molecule has 94 valence electrons. The molecule has 0 bridgehead atoms. The van der Waals surface area contributed by atoms with E-state index in [0.717, 1.165) is 20.2 Å². The second kappa shape index (κ2) is 7.30. The zero-order valence-electron chi connectivity index (χ0n) is 9.54. The molecule has 0 aromatic heterocycles. The fourth-order valence-electron chi connectivity index (χ4n) is 2.46. The second-order valence-electron chi connectivity index (χ2n) is 4.87. The lowest BCUT2D eigenvalue weighted by molar-refractivity contribution is 0.531. The molecule has 0 N–H and O–H groups in total. The Bertz CT molecular complexity index is 191. The van der Waals surface area contributed by atoms with Crippen LogP contribution in [0.5, 0.6) is 0 Å². The van der Waals surface area contributed by atoms with Crippen LogP contribution >= 0.6 is 53.4 Å². The summed E-state index contributed by atoms with van der Waals surface area (Å²) in [6.45, 7) is 0. The van der Waals surface area contributed by atoms with Crippen LogP contribution in [0.3, 0.4) is 0 Å². The zero-order valence-corrected chi connectivity index (χ0v) is 14.3. The Kier molecular flexibility index (Phi) is 6.42. The lowest BCUT2D eigenvalue weighted by Gasteiger charge is -2.30. The molecule has 4 heteroatoms. The molecular formula is C12H20Br2S2. The summed E-state index contributed by atoms with van der Waals surface area (Å²) in [4.78, 5) is 1.52.